The summed E-state index contributed by atoms with van der Waals surface area (Å²) in [5.74, 6) is -0.584. The topological polar surface area (TPSA) is 90.6 Å². The molecule has 6 nitrogen and oxygen atoms in total. The molecule has 22 heavy (non-hydrogen) atoms. The second-order valence-electron chi connectivity index (χ2n) is 6.08. The number of nitrogens with one attached hydrogen (secondary N) is 1. The fraction of sp³-hybridized carbons (Fsp3) is 0.500. The molecule has 1 aromatic carbocycles. The molecule has 0 saturated carbocycles. The molecule has 3 N–H and O–H groups in total. The molecule has 122 valence electrons. The van der Waals surface area contributed by atoms with Crippen molar-refractivity contribution < 1.29 is 19.1 Å². The third kappa shape index (κ3) is 6.58. The molecule has 1 unspecified atom stereocenters. The Bertz CT molecular complexity index is 495. The Morgan fingerprint density at radius 1 is 1.23 bits per heavy atom. The summed E-state index contributed by atoms with van der Waals surface area (Å²) < 4.78 is 10.3. The summed E-state index contributed by atoms with van der Waals surface area (Å²) in [5, 5.41) is 2.45. The lowest BCUT2D eigenvalue weighted by molar-refractivity contribution is -0.157. The van der Waals surface area contributed by atoms with Crippen LogP contribution in [0.2, 0.25) is 0 Å². The van der Waals surface area contributed by atoms with E-state index in [1.165, 1.54) is 0 Å². The minimum atomic E-state index is -0.956. The van der Waals surface area contributed by atoms with Gasteiger partial charge < -0.3 is 20.5 Å². The van der Waals surface area contributed by atoms with Gasteiger partial charge in [0.2, 0.25) is 0 Å². The van der Waals surface area contributed by atoms with E-state index in [-0.39, 0.29) is 6.61 Å². The normalized spacial score (nSPS) is 13.9. The zero-order chi connectivity index (χ0) is 16.8. The van der Waals surface area contributed by atoms with E-state index in [0.717, 1.165) is 5.56 Å². The predicted molar refractivity (Wildman–Crippen MR) is 83.0 cm³/mol. The zero-order valence-electron chi connectivity index (χ0n) is 13.5. The first kappa shape index (κ1) is 18.0. The molecule has 0 radical (unpaired) electrons. The summed E-state index contributed by atoms with van der Waals surface area (Å²) in [5.41, 5.74) is 5.94. The molecule has 0 aliphatic rings. The molecular weight excluding hydrogens is 284 g/mol. The zero-order valence-corrected chi connectivity index (χ0v) is 13.5. The van der Waals surface area contributed by atoms with E-state index in [4.69, 9.17) is 15.2 Å². The SMILES string of the molecule is CC(N)[C@H](NC(=O)OCc1ccccc1)C(=O)OC(C)(C)C. The van der Waals surface area contributed by atoms with Gasteiger partial charge >= 0.3 is 12.1 Å². The van der Waals surface area contributed by atoms with Gasteiger partial charge in [0.05, 0.1) is 0 Å². The molecule has 0 bridgehead atoms. The van der Waals surface area contributed by atoms with Crippen LogP contribution in [0.15, 0.2) is 30.3 Å². The van der Waals surface area contributed by atoms with Crippen LogP contribution in [0.5, 0.6) is 0 Å². The lowest BCUT2D eigenvalue weighted by Crippen LogP contribution is -2.53. The molecule has 0 fully saturated rings. The molecule has 0 spiro atoms. The number of benzene rings is 1. The third-order valence-corrected chi connectivity index (χ3v) is 2.67. The van der Waals surface area contributed by atoms with Gasteiger partial charge in [-0.05, 0) is 33.3 Å². The molecule has 1 aromatic rings. The summed E-state index contributed by atoms with van der Waals surface area (Å²) in [6.07, 6.45) is -0.711. The third-order valence-electron chi connectivity index (χ3n) is 2.67. The summed E-state index contributed by atoms with van der Waals surface area (Å²) in [4.78, 5) is 23.8. The van der Waals surface area contributed by atoms with Crippen LogP contribution in [0, 0.1) is 0 Å². The first-order valence-corrected chi connectivity index (χ1v) is 7.14. The van der Waals surface area contributed by atoms with Crippen molar-refractivity contribution in [3.05, 3.63) is 35.9 Å². The fourth-order valence-electron chi connectivity index (χ4n) is 1.66. The van der Waals surface area contributed by atoms with Gasteiger partial charge in [-0.1, -0.05) is 30.3 Å². The van der Waals surface area contributed by atoms with Gasteiger partial charge in [0, 0.05) is 6.04 Å². The van der Waals surface area contributed by atoms with Gasteiger partial charge in [0.1, 0.15) is 18.2 Å². The smallest absolute Gasteiger partial charge is 0.408 e. The Kier molecular flexibility index (Phi) is 6.37. The molecule has 1 amide bonds. The molecule has 1 rings (SSSR count). The van der Waals surface area contributed by atoms with Crippen molar-refractivity contribution in [2.24, 2.45) is 5.73 Å². The summed E-state index contributed by atoms with van der Waals surface area (Å²) in [6, 6.07) is 7.69. The highest BCUT2D eigenvalue weighted by atomic mass is 16.6. The molecule has 0 aliphatic carbocycles. The number of hydrogen-bond acceptors (Lipinski definition) is 5. The van der Waals surface area contributed by atoms with Crippen molar-refractivity contribution in [1.82, 2.24) is 5.32 Å². The molecule has 0 saturated heterocycles. The van der Waals surface area contributed by atoms with Gasteiger partial charge in [-0.15, -0.1) is 0 Å². The van der Waals surface area contributed by atoms with E-state index in [1.807, 2.05) is 30.3 Å². The number of carbonyl (C=O) groups is 2. The highest BCUT2D eigenvalue weighted by Gasteiger charge is 2.30. The van der Waals surface area contributed by atoms with Crippen LogP contribution in [0.4, 0.5) is 4.79 Å². The first-order valence-electron chi connectivity index (χ1n) is 7.14. The quantitative estimate of drug-likeness (QED) is 0.812. The van der Waals surface area contributed by atoms with Crippen molar-refractivity contribution in [2.45, 2.75) is 52.0 Å². The van der Waals surface area contributed by atoms with Crippen LogP contribution in [0.3, 0.4) is 0 Å². The second kappa shape index (κ2) is 7.79. The maximum absolute atomic E-state index is 12.0. The van der Waals surface area contributed by atoms with E-state index < -0.39 is 29.7 Å². The molecule has 0 aromatic heterocycles. The lowest BCUT2D eigenvalue weighted by atomic mass is 10.1. The average Bonchev–Trinajstić information content (AvgIpc) is 2.41. The van der Waals surface area contributed by atoms with Crippen molar-refractivity contribution in [3.8, 4) is 0 Å². The standard InChI is InChI=1S/C16H24N2O4/c1-11(17)13(14(19)22-16(2,3)4)18-15(20)21-10-12-8-6-5-7-9-12/h5-9,11,13H,10,17H2,1-4H3,(H,18,20)/t11?,13-/m0/s1. The molecule has 0 heterocycles. The van der Waals surface area contributed by atoms with Gasteiger partial charge in [0.25, 0.3) is 0 Å². The predicted octanol–water partition coefficient (Wildman–Crippen LogP) is 1.97. The summed E-state index contributed by atoms with van der Waals surface area (Å²) in [6.45, 7) is 6.98. The van der Waals surface area contributed by atoms with Crippen molar-refractivity contribution in [3.63, 3.8) is 0 Å². The number of hydrogen-bond donors (Lipinski definition) is 2. The lowest BCUT2D eigenvalue weighted by Gasteiger charge is -2.26. The minimum absolute atomic E-state index is 0.118. The Balaban J connectivity index is 2.55. The van der Waals surface area contributed by atoms with Crippen LogP contribution in [-0.2, 0) is 20.9 Å². The van der Waals surface area contributed by atoms with Gasteiger partial charge in [-0.3, -0.25) is 0 Å². The van der Waals surface area contributed by atoms with Gasteiger partial charge in [0.15, 0.2) is 0 Å². The maximum atomic E-state index is 12.0. The van der Waals surface area contributed by atoms with Gasteiger partial charge in [-0.2, -0.15) is 0 Å². The summed E-state index contributed by atoms with van der Waals surface area (Å²) >= 11 is 0. The Labute approximate surface area is 131 Å². The monoisotopic (exact) mass is 308 g/mol. The van der Waals surface area contributed by atoms with Crippen LogP contribution in [0.1, 0.15) is 33.3 Å². The highest BCUT2D eigenvalue weighted by Crippen LogP contribution is 2.10. The number of amides is 1. The molecular formula is C16H24N2O4. The van der Waals surface area contributed by atoms with Crippen molar-refractivity contribution in [2.75, 3.05) is 0 Å². The minimum Gasteiger partial charge on any atom is -0.458 e. The Hall–Kier alpha value is -2.08. The molecule has 6 heteroatoms. The van der Waals surface area contributed by atoms with Crippen LogP contribution < -0.4 is 11.1 Å². The van der Waals surface area contributed by atoms with Crippen LogP contribution in [-0.4, -0.2) is 29.7 Å². The Morgan fingerprint density at radius 2 is 1.82 bits per heavy atom. The van der Waals surface area contributed by atoms with Crippen molar-refractivity contribution >= 4 is 12.1 Å². The maximum Gasteiger partial charge on any atom is 0.408 e. The average molecular weight is 308 g/mol. The van der Waals surface area contributed by atoms with E-state index in [9.17, 15) is 9.59 Å². The first-order chi connectivity index (χ1) is 10.2. The molecule has 0 aliphatic heterocycles. The Morgan fingerprint density at radius 3 is 2.32 bits per heavy atom. The van der Waals surface area contributed by atoms with E-state index >= 15 is 0 Å². The molecule has 2 atom stereocenters. The summed E-state index contributed by atoms with van der Waals surface area (Å²) in [7, 11) is 0. The van der Waals surface area contributed by atoms with Crippen LogP contribution >= 0.6 is 0 Å². The number of carbonyl (C=O) groups excluding carboxylic acids is 2. The van der Waals surface area contributed by atoms with Crippen LogP contribution in [0.25, 0.3) is 0 Å². The number of esters is 1. The van der Waals surface area contributed by atoms with E-state index in [0.29, 0.717) is 0 Å². The van der Waals surface area contributed by atoms with E-state index in [2.05, 4.69) is 5.32 Å². The number of alkyl carbamates (subject to hydrolysis) is 1. The highest BCUT2D eigenvalue weighted by molar-refractivity contribution is 5.82. The second-order valence-corrected chi connectivity index (χ2v) is 6.08. The fourth-order valence-corrected chi connectivity index (χ4v) is 1.66. The number of nitrogens with two attached hydrogens (primary N) is 1. The van der Waals surface area contributed by atoms with E-state index in [1.54, 1.807) is 27.7 Å². The van der Waals surface area contributed by atoms with Crippen molar-refractivity contribution in [1.29, 1.82) is 0 Å². The number of rotatable bonds is 5. The van der Waals surface area contributed by atoms with Gasteiger partial charge in [-0.25, -0.2) is 9.59 Å². The largest absolute Gasteiger partial charge is 0.458 e. The number of ether oxygens (including phenoxy) is 2.